The van der Waals surface area contributed by atoms with E-state index in [0.29, 0.717) is 30.4 Å². The van der Waals surface area contributed by atoms with Gasteiger partial charge in [-0.05, 0) is 31.9 Å². The molecule has 3 rings (SSSR count). The highest BCUT2D eigenvalue weighted by molar-refractivity contribution is 5.85. The molecule has 0 saturated carbocycles. The zero-order valence-corrected chi connectivity index (χ0v) is 15.5. The van der Waals surface area contributed by atoms with Crippen molar-refractivity contribution in [2.24, 2.45) is 5.73 Å². The van der Waals surface area contributed by atoms with Gasteiger partial charge in [0, 0.05) is 12.1 Å². The zero-order valence-electron chi connectivity index (χ0n) is 14.7. The van der Waals surface area contributed by atoms with Crippen LogP contribution in [0.1, 0.15) is 31.7 Å². The molecule has 0 radical (unpaired) electrons. The molecular weight excluding hydrogens is 360 g/mol. The molecular formula is C17H23ClN4O4. The van der Waals surface area contributed by atoms with Crippen LogP contribution in [0.5, 0.6) is 5.75 Å². The Morgan fingerprint density at radius 1 is 1.46 bits per heavy atom. The third-order valence-corrected chi connectivity index (χ3v) is 4.16. The maximum Gasteiger partial charge on any atom is 0.249 e. The third-order valence-electron chi connectivity index (χ3n) is 4.16. The minimum atomic E-state index is -0.475. The number of hydrogen-bond donors (Lipinski definition) is 2. The lowest BCUT2D eigenvalue weighted by Gasteiger charge is -2.15. The Bertz CT molecular complexity index is 739. The molecule has 1 aliphatic rings. The first-order valence-corrected chi connectivity index (χ1v) is 8.24. The fourth-order valence-corrected chi connectivity index (χ4v) is 2.73. The van der Waals surface area contributed by atoms with Gasteiger partial charge in [0.1, 0.15) is 17.9 Å². The zero-order chi connectivity index (χ0) is 17.8. The molecule has 2 heterocycles. The fourth-order valence-electron chi connectivity index (χ4n) is 2.73. The van der Waals surface area contributed by atoms with Gasteiger partial charge in [0.25, 0.3) is 0 Å². The average molecular weight is 383 g/mol. The van der Waals surface area contributed by atoms with Gasteiger partial charge in [-0.1, -0.05) is 17.3 Å². The standard InChI is InChI=1S/C17H22N4O4.ClH/c1-10(19-16(22)14-7-6-13(9-18)24-14)17-20-15(21-25-17)11-4-3-5-12(8-11)23-2;/h3-5,8,10,13-14H,6-7,9,18H2,1-2H3,(H,19,22);1H/t10?,13-,14+;/m1./s1. The van der Waals surface area contributed by atoms with E-state index in [2.05, 4.69) is 15.5 Å². The first-order valence-electron chi connectivity index (χ1n) is 8.24. The van der Waals surface area contributed by atoms with Crippen molar-refractivity contribution < 1.29 is 18.8 Å². The molecule has 3 N–H and O–H groups in total. The van der Waals surface area contributed by atoms with Crippen LogP contribution in [0.3, 0.4) is 0 Å². The van der Waals surface area contributed by atoms with E-state index in [-0.39, 0.29) is 24.4 Å². The molecule has 142 valence electrons. The highest BCUT2D eigenvalue weighted by atomic mass is 35.5. The smallest absolute Gasteiger partial charge is 0.249 e. The summed E-state index contributed by atoms with van der Waals surface area (Å²) in [5, 5.41) is 6.82. The second-order valence-electron chi connectivity index (χ2n) is 5.98. The van der Waals surface area contributed by atoms with Crippen LogP contribution in [0.4, 0.5) is 0 Å². The van der Waals surface area contributed by atoms with Crippen molar-refractivity contribution in [2.75, 3.05) is 13.7 Å². The lowest BCUT2D eigenvalue weighted by molar-refractivity contribution is -0.132. The van der Waals surface area contributed by atoms with Crippen molar-refractivity contribution in [3.63, 3.8) is 0 Å². The Labute approximate surface area is 157 Å². The van der Waals surface area contributed by atoms with E-state index in [0.717, 1.165) is 12.0 Å². The lowest BCUT2D eigenvalue weighted by Crippen LogP contribution is -2.37. The van der Waals surface area contributed by atoms with E-state index in [1.807, 2.05) is 24.3 Å². The van der Waals surface area contributed by atoms with Crippen molar-refractivity contribution in [1.82, 2.24) is 15.5 Å². The number of nitrogens with two attached hydrogens (primary N) is 1. The van der Waals surface area contributed by atoms with Gasteiger partial charge in [0.2, 0.25) is 17.6 Å². The van der Waals surface area contributed by atoms with Gasteiger partial charge in [-0.25, -0.2) is 0 Å². The number of nitrogens with one attached hydrogen (secondary N) is 1. The lowest BCUT2D eigenvalue weighted by atomic mass is 10.2. The maximum atomic E-state index is 12.3. The predicted molar refractivity (Wildman–Crippen MR) is 97.0 cm³/mol. The van der Waals surface area contributed by atoms with Crippen molar-refractivity contribution in [2.45, 2.75) is 38.0 Å². The van der Waals surface area contributed by atoms with Crippen molar-refractivity contribution in [3.8, 4) is 17.1 Å². The van der Waals surface area contributed by atoms with Crippen molar-refractivity contribution >= 4 is 18.3 Å². The molecule has 9 heteroatoms. The number of hydrogen-bond acceptors (Lipinski definition) is 7. The Kier molecular flexibility index (Phi) is 6.96. The number of nitrogens with zero attached hydrogens (tertiary/aromatic N) is 2. The van der Waals surface area contributed by atoms with E-state index >= 15 is 0 Å². The van der Waals surface area contributed by atoms with E-state index in [9.17, 15) is 4.79 Å². The van der Waals surface area contributed by atoms with E-state index in [1.165, 1.54) is 0 Å². The minimum Gasteiger partial charge on any atom is -0.497 e. The van der Waals surface area contributed by atoms with Gasteiger partial charge in [0.15, 0.2) is 0 Å². The topological polar surface area (TPSA) is 113 Å². The predicted octanol–water partition coefficient (Wildman–Crippen LogP) is 1.85. The SMILES string of the molecule is COc1cccc(-c2noc(C(C)NC(=O)[C@@H]3CC[C@H](CN)O3)n2)c1.Cl. The largest absolute Gasteiger partial charge is 0.497 e. The molecule has 0 aliphatic carbocycles. The maximum absolute atomic E-state index is 12.3. The Morgan fingerprint density at radius 2 is 2.27 bits per heavy atom. The van der Waals surface area contributed by atoms with Gasteiger partial charge in [-0.15, -0.1) is 12.4 Å². The van der Waals surface area contributed by atoms with Gasteiger partial charge in [-0.2, -0.15) is 4.98 Å². The molecule has 26 heavy (non-hydrogen) atoms. The van der Waals surface area contributed by atoms with Crippen LogP contribution in [0.15, 0.2) is 28.8 Å². The van der Waals surface area contributed by atoms with Crippen LogP contribution < -0.4 is 15.8 Å². The van der Waals surface area contributed by atoms with Gasteiger partial charge in [-0.3, -0.25) is 4.79 Å². The summed E-state index contributed by atoms with van der Waals surface area (Å²) in [6.45, 7) is 2.21. The second-order valence-corrected chi connectivity index (χ2v) is 5.98. The minimum absolute atomic E-state index is 0. The van der Waals surface area contributed by atoms with Crippen molar-refractivity contribution in [1.29, 1.82) is 0 Å². The number of carbonyl (C=O) groups excluding carboxylic acids is 1. The van der Waals surface area contributed by atoms with Crippen molar-refractivity contribution in [3.05, 3.63) is 30.2 Å². The molecule has 3 atom stereocenters. The summed E-state index contributed by atoms with van der Waals surface area (Å²) in [4.78, 5) is 16.6. The number of methoxy groups -OCH3 is 1. The van der Waals surface area contributed by atoms with Gasteiger partial charge in [0.05, 0.1) is 13.2 Å². The van der Waals surface area contributed by atoms with Crippen LogP contribution >= 0.6 is 12.4 Å². The molecule has 1 aliphatic heterocycles. The Morgan fingerprint density at radius 3 is 2.96 bits per heavy atom. The van der Waals surface area contributed by atoms with Crippen LogP contribution in [-0.2, 0) is 9.53 Å². The van der Waals surface area contributed by atoms with E-state index < -0.39 is 12.1 Å². The number of amides is 1. The summed E-state index contributed by atoms with van der Waals surface area (Å²) < 4.78 is 16.1. The first-order chi connectivity index (χ1) is 12.1. The van der Waals surface area contributed by atoms with E-state index in [4.69, 9.17) is 19.7 Å². The summed E-state index contributed by atoms with van der Waals surface area (Å²) in [7, 11) is 1.60. The number of aromatic nitrogens is 2. The number of rotatable bonds is 6. The first kappa shape index (κ1) is 20.2. The summed E-state index contributed by atoms with van der Waals surface area (Å²) >= 11 is 0. The summed E-state index contributed by atoms with van der Waals surface area (Å²) in [5.41, 5.74) is 6.34. The number of benzene rings is 1. The highest BCUT2D eigenvalue weighted by Crippen LogP contribution is 2.23. The molecule has 0 bridgehead atoms. The van der Waals surface area contributed by atoms with E-state index in [1.54, 1.807) is 14.0 Å². The molecule has 1 unspecified atom stereocenters. The molecule has 1 fully saturated rings. The van der Waals surface area contributed by atoms with Gasteiger partial charge < -0.3 is 25.0 Å². The summed E-state index contributed by atoms with van der Waals surface area (Å²) in [5.74, 6) is 1.29. The van der Waals surface area contributed by atoms with Crippen LogP contribution in [0, 0.1) is 0 Å². The molecule has 1 aromatic carbocycles. The van der Waals surface area contributed by atoms with Crippen LogP contribution in [0.25, 0.3) is 11.4 Å². The third kappa shape index (κ3) is 4.51. The molecule has 1 aromatic heterocycles. The molecule has 1 saturated heterocycles. The molecule has 1 amide bonds. The quantitative estimate of drug-likeness (QED) is 0.783. The average Bonchev–Trinajstić information content (AvgIpc) is 3.31. The second kappa shape index (κ2) is 8.98. The Balaban J connectivity index is 0.00000243. The molecule has 2 aromatic rings. The molecule has 8 nitrogen and oxygen atoms in total. The fraction of sp³-hybridized carbons (Fsp3) is 0.471. The monoisotopic (exact) mass is 382 g/mol. The van der Waals surface area contributed by atoms with Crippen LogP contribution in [0.2, 0.25) is 0 Å². The number of halogens is 1. The summed E-state index contributed by atoms with van der Waals surface area (Å²) in [6, 6.07) is 6.95. The highest BCUT2D eigenvalue weighted by Gasteiger charge is 2.31. The number of ether oxygens (including phenoxy) is 2. The summed E-state index contributed by atoms with van der Waals surface area (Å²) in [6.07, 6.45) is 0.939. The Hall–Kier alpha value is -2.16. The number of carbonyl (C=O) groups is 1. The molecule has 0 spiro atoms. The normalized spacial score (nSPS) is 20.3. The van der Waals surface area contributed by atoms with Crippen LogP contribution in [-0.4, -0.2) is 41.9 Å². The van der Waals surface area contributed by atoms with Gasteiger partial charge >= 0.3 is 0 Å².